The van der Waals surface area contributed by atoms with Crippen molar-refractivity contribution in [2.45, 2.75) is 28.6 Å². The molecule has 1 saturated heterocycles. The van der Waals surface area contributed by atoms with Crippen molar-refractivity contribution in [2.75, 3.05) is 0 Å². The molecule has 60 valence electrons. The number of aliphatic hydroxyl groups excluding tert-OH is 4. The summed E-state index contributed by atoms with van der Waals surface area (Å²) in [5.41, 5.74) is 0. The zero-order valence-corrected chi connectivity index (χ0v) is 6.93. The molecule has 10 heavy (non-hydrogen) atoms. The molecule has 1 aliphatic rings. The van der Waals surface area contributed by atoms with Gasteiger partial charge in [-0.2, -0.15) is 0 Å². The maximum absolute atomic E-state index is 8.97. The van der Waals surface area contributed by atoms with Crippen molar-refractivity contribution >= 4 is 15.0 Å². The molecule has 0 bridgehead atoms. The molecule has 1 heterocycles. The minimum absolute atomic E-state index is 0.169. The number of hydrogen-bond donors (Lipinski definition) is 4. The van der Waals surface area contributed by atoms with E-state index in [4.69, 9.17) is 20.4 Å². The van der Waals surface area contributed by atoms with Gasteiger partial charge in [-0.15, -0.1) is 0 Å². The molecular formula is C5H10O4Se. The molecule has 1 aliphatic heterocycles. The Kier molecular flexibility index (Phi) is 2.68. The van der Waals surface area contributed by atoms with Gasteiger partial charge in [0.1, 0.15) is 0 Å². The molecule has 0 radical (unpaired) electrons. The molecule has 1 fully saturated rings. The number of aliphatic hydroxyl groups is 4. The van der Waals surface area contributed by atoms with Crippen molar-refractivity contribution < 1.29 is 20.4 Å². The quantitative estimate of drug-likeness (QED) is 0.336. The van der Waals surface area contributed by atoms with Gasteiger partial charge in [-0.1, -0.05) is 0 Å². The van der Waals surface area contributed by atoms with Crippen molar-refractivity contribution in [3.63, 3.8) is 0 Å². The van der Waals surface area contributed by atoms with E-state index in [1.807, 2.05) is 0 Å². The van der Waals surface area contributed by atoms with Crippen LogP contribution in [0.1, 0.15) is 0 Å². The predicted molar refractivity (Wildman–Crippen MR) is 34.6 cm³/mol. The van der Waals surface area contributed by atoms with Crippen molar-refractivity contribution in [3.05, 3.63) is 0 Å². The Morgan fingerprint density at radius 2 is 1.60 bits per heavy atom. The molecule has 0 amide bonds. The van der Waals surface area contributed by atoms with E-state index in [2.05, 4.69) is 0 Å². The molecule has 0 aromatic heterocycles. The Morgan fingerprint density at radius 1 is 1.00 bits per heavy atom. The van der Waals surface area contributed by atoms with Crippen molar-refractivity contribution in [1.82, 2.24) is 0 Å². The molecule has 5 heteroatoms. The summed E-state index contributed by atoms with van der Waals surface area (Å²) in [4.78, 5) is 0. The first-order valence-corrected chi connectivity index (χ1v) is 5.17. The van der Waals surface area contributed by atoms with Crippen LogP contribution in [-0.2, 0) is 0 Å². The Morgan fingerprint density at radius 3 is 2.10 bits per heavy atom. The van der Waals surface area contributed by atoms with Crippen LogP contribution >= 0.6 is 0 Å². The van der Waals surface area contributed by atoms with Gasteiger partial charge in [0, 0.05) is 0 Å². The molecule has 0 aromatic carbocycles. The van der Waals surface area contributed by atoms with Gasteiger partial charge in [-0.25, -0.2) is 0 Å². The molecule has 0 saturated carbocycles. The molecule has 0 spiro atoms. The number of rotatable bonds is 0. The van der Waals surface area contributed by atoms with Crippen LogP contribution in [0.2, 0.25) is 5.32 Å². The summed E-state index contributed by atoms with van der Waals surface area (Å²) in [6.45, 7) is 0. The van der Waals surface area contributed by atoms with Gasteiger partial charge in [0.2, 0.25) is 0 Å². The van der Waals surface area contributed by atoms with E-state index < -0.39 is 23.3 Å². The second-order valence-electron chi connectivity index (χ2n) is 2.27. The van der Waals surface area contributed by atoms with E-state index in [0.717, 1.165) is 0 Å². The van der Waals surface area contributed by atoms with Gasteiger partial charge >= 0.3 is 64.0 Å². The summed E-state index contributed by atoms with van der Waals surface area (Å²) >= 11 is -0.169. The van der Waals surface area contributed by atoms with Gasteiger partial charge < -0.3 is 0 Å². The molecular weight excluding hydrogens is 203 g/mol. The van der Waals surface area contributed by atoms with Crippen LogP contribution in [0, 0.1) is 0 Å². The first-order chi connectivity index (χ1) is 4.63. The predicted octanol–water partition coefficient (Wildman–Crippen LogP) is -2.48. The Bertz CT molecular complexity index is 106. The van der Waals surface area contributed by atoms with Crippen LogP contribution in [0.3, 0.4) is 0 Å². The Hall–Kier alpha value is 0.359. The summed E-state index contributed by atoms with van der Waals surface area (Å²) in [7, 11) is 0. The maximum atomic E-state index is 8.97. The average Bonchev–Trinajstić information content (AvgIpc) is 1.93. The fraction of sp³-hybridized carbons (Fsp3) is 1.00. The molecule has 0 aliphatic carbocycles. The third kappa shape index (κ3) is 1.50. The van der Waals surface area contributed by atoms with Crippen LogP contribution in [0.15, 0.2) is 0 Å². The molecule has 4 nitrogen and oxygen atoms in total. The van der Waals surface area contributed by atoms with Crippen LogP contribution in [-0.4, -0.2) is 58.7 Å². The summed E-state index contributed by atoms with van der Waals surface area (Å²) in [6.07, 6.45) is -3.20. The van der Waals surface area contributed by atoms with E-state index in [-0.39, 0.29) is 15.0 Å². The summed E-state index contributed by atoms with van der Waals surface area (Å²) in [5, 5.41) is 35.5. The van der Waals surface area contributed by atoms with E-state index >= 15 is 0 Å². The second kappa shape index (κ2) is 3.17. The topological polar surface area (TPSA) is 80.9 Å². The van der Waals surface area contributed by atoms with Crippen molar-refractivity contribution in [3.8, 4) is 0 Å². The SMILES string of the molecule is OC1[Se]C[C@@H](O)[C@H](O)C1O. The molecule has 0 aromatic rings. The standard InChI is InChI=1S/C5H10O4Se/c6-2-1-10-5(9)4(8)3(2)7/h2-9H,1H2/t2-,3+,4?,5?/m1/s1. The van der Waals surface area contributed by atoms with Crippen LogP contribution in [0.4, 0.5) is 0 Å². The molecule has 4 atom stereocenters. The number of hydrogen-bond acceptors (Lipinski definition) is 4. The summed E-state index contributed by atoms with van der Waals surface area (Å²) < 4.78 is 0. The third-order valence-corrected chi connectivity index (χ3v) is 3.90. The van der Waals surface area contributed by atoms with Gasteiger partial charge in [0.15, 0.2) is 0 Å². The first-order valence-electron chi connectivity index (χ1n) is 2.97. The monoisotopic (exact) mass is 214 g/mol. The van der Waals surface area contributed by atoms with Crippen molar-refractivity contribution in [1.29, 1.82) is 0 Å². The van der Waals surface area contributed by atoms with Gasteiger partial charge in [-0.3, -0.25) is 0 Å². The van der Waals surface area contributed by atoms with E-state index in [1.165, 1.54) is 0 Å². The minimum atomic E-state index is -1.18. The zero-order valence-electron chi connectivity index (χ0n) is 5.21. The van der Waals surface area contributed by atoms with E-state index in [9.17, 15) is 0 Å². The summed E-state index contributed by atoms with van der Waals surface area (Å²) in [6, 6.07) is 0. The van der Waals surface area contributed by atoms with Crippen LogP contribution in [0.25, 0.3) is 0 Å². The third-order valence-electron chi connectivity index (χ3n) is 1.47. The van der Waals surface area contributed by atoms with Crippen molar-refractivity contribution in [2.24, 2.45) is 0 Å². The van der Waals surface area contributed by atoms with Gasteiger partial charge in [0.05, 0.1) is 0 Å². The molecule has 1 rings (SSSR count). The fourth-order valence-electron chi connectivity index (χ4n) is 0.791. The van der Waals surface area contributed by atoms with E-state index in [0.29, 0.717) is 5.32 Å². The van der Waals surface area contributed by atoms with Gasteiger partial charge in [0.25, 0.3) is 0 Å². The molecule has 2 unspecified atom stereocenters. The Labute approximate surface area is 64.7 Å². The van der Waals surface area contributed by atoms with Gasteiger partial charge in [-0.05, 0) is 0 Å². The average molecular weight is 213 g/mol. The van der Waals surface area contributed by atoms with Crippen LogP contribution in [0.5, 0.6) is 0 Å². The fourth-order valence-corrected chi connectivity index (χ4v) is 2.78. The normalized spacial score (nSPS) is 49.2. The second-order valence-corrected chi connectivity index (χ2v) is 4.68. The van der Waals surface area contributed by atoms with E-state index in [1.54, 1.807) is 0 Å². The summed E-state index contributed by atoms with van der Waals surface area (Å²) in [5.74, 6) is 0. The molecule has 4 N–H and O–H groups in total. The zero-order chi connectivity index (χ0) is 7.72. The first kappa shape index (κ1) is 8.46. The van der Waals surface area contributed by atoms with Crippen LogP contribution < -0.4 is 0 Å². The Balaban J connectivity index is 2.52.